The largest absolute Gasteiger partial charge is 0.392 e. The molecule has 0 aromatic carbocycles. The average Bonchev–Trinajstić information content (AvgIpc) is 2.48. The van der Waals surface area contributed by atoms with Crippen molar-refractivity contribution in [1.82, 2.24) is 0 Å². The van der Waals surface area contributed by atoms with E-state index in [1.54, 1.807) is 0 Å². The number of halogens is 3. The predicted molar refractivity (Wildman–Crippen MR) is 94.6 cm³/mol. The van der Waals surface area contributed by atoms with Crippen LogP contribution in [0.25, 0.3) is 0 Å². The summed E-state index contributed by atoms with van der Waals surface area (Å²) in [6.45, 7) is 9.70. The summed E-state index contributed by atoms with van der Waals surface area (Å²) >= 11 is 0. The van der Waals surface area contributed by atoms with Gasteiger partial charge in [-0.05, 0) is 24.7 Å². The van der Waals surface area contributed by atoms with Gasteiger partial charge in [0.15, 0.2) is 0 Å². The smallest absolute Gasteiger partial charge is 0.171 e. The number of allylic oxidation sites excluding steroid dienone is 1. The van der Waals surface area contributed by atoms with Crippen LogP contribution in [0.3, 0.4) is 0 Å². The predicted octanol–water partition coefficient (Wildman–Crippen LogP) is 8.08. The topological polar surface area (TPSA) is 0 Å². The van der Waals surface area contributed by atoms with Crippen LogP contribution in [0.1, 0.15) is 97.8 Å². The fourth-order valence-corrected chi connectivity index (χ4v) is 3.54. The molecule has 0 saturated carbocycles. The van der Waals surface area contributed by atoms with Crippen molar-refractivity contribution < 1.29 is 13.2 Å². The highest BCUT2D eigenvalue weighted by Crippen LogP contribution is 2.48. The van der Waals surface area contributed by atoms with E-state index in [1.165, 1.54) is 12.5 Å². The van der Waals surface area contributed by atoms with E-state index < -0.39 is 17.5 Å². The molecule has 0 amide bonds. The zero-order chi connectivity index (χ0) is 17.8. The molecule has 2 unspecified atom stereocenters. The molecule has 0 radical (unpaired) electrons. The van der Waals surface area contributed by atoms with Gasteiger partial charge in [0.05, 0.1) is 5.92 Å². The fraction of sp³-hybridized carbons (Fsp3) is 0.900. The molecule has 2 atom stereocenters. The molecule has 0 aliphatic carbocycles. The maximum atomic E-state index is 13.6. The van der Waals surface area contributed by atoms with Crippen LogP contribution >= 0.6 is 0 Å². The van der Waals surface area contributed by atoms with E-state index in [0.29, 0.717) is 12.8 Å². The summed E-state index contributed by atoms with van der Waals surface area (Å²) in [7, 11) is 0. The highest BCUT2D eigenvalue weighted by molar-refractivity contribution is 4.91. The van der Waals surface area contributed by atoms with Gasteiger partial charge in [-0.15, -0.1) is 6.58 Å². The highest BCUT2D eigenvalue weighted by atomic mass is 19.4. The van der Waals surface area contributed by atoms with Crippen LogP contribution in [0.2, 0.25) is 0 Å². The van der Waals surface area contributed by atoms with Gasteiger partial charge in [0.1, 0.15) is 0 Å². The Balaban J connectivity index is 4.82. The van der Waals surface area contributed by atoms with Gasteiger partial charge in [-0.3, -0.25) is 0 Å². The van der Waals surface area contributed by atoms with Gasteiger partial charge in [0.25, 0.3) is 0 Å². The second-order valence-electron chi connectivity index (χ2n) is 7.25. The van der Waals surface area contributed by atoms with Crippen molar-refractivity contribution in [3.8, 4) is 0 Å². The van der Waals surface area contributed by atoms with Crippen LogP contribution in [0, 0.1) is 11.3 Å². The quantitative estimate of drug-likeness (QED) is 0.222. The van der Waals surface area contributed by atoms with Gasteiger partial charge >= 0.3 is 6.18 Å². The Bertz CT molecular complexity index is 296. The van der Waals surface area contributed by atoms with Crippen molar-refractivity contribution in [2.24, 2.45) is 11.3 Å². The first kappa shape index (κ1) is 22.5. The van der Waals surface area contributed by atoms with E-state index >= 15 is 0 Å². The lowest BCUT2D eigenvalue weighted by Gasteiger charge is -2.39. The maximum Gasteiger partial charge on any atom is 0.392 e. The second-order valence-corrected chi connectivity index (χ2v) is 7.25. The third-order valence-electron chi connectivity index (χ3n) is 5.09. The monoisotopic (exact) mass is 334 g/mol. The number of rotatable bonds is 14. The van der Waals surface area contributed by atoms with Crippen LogP contribution in [0.4, 0.5) is 13.2 Å². The summed E-state index contributed by atoms with van der Waals surface area (Å²) in [5, 5.41) is 0. The summed E-state index contributed by atoms with van der Waals surface area (Å²) in [5.74, 6) is -1.25. The van der Waals surface area contributed by atoms with E-state index in [2.05, 4.69) is 20.4 Å². The molecular weight excluding hydrogens is 297 g/mol. The Morgan fingerprint density at radius 2 is 1.26 bits per heavy atom. The van der Waals surface area contributed by atoms with Crippen molar-refractivity contribution in [2.75, 3.05) is 0 Å². The molecule has 0 spiro atoms. The van der Waals surface area contributed by atoms with Crippen LogP contribution in [0.5, 0.6) is 0 Å². The van der Waals surface area contributed by atoms with Crippen molar-refractivity contribution in [2.45, 2.75) is 104 Å². The third-order valence-corrected chi connectivity index (χ3v) is 5.09. The molecule has 138 valence electrons. The van der Waals surface area contributed by atoms with Gasteiger partial charge in [-0.2, -0.15) is 13.2 Å². The van der Waals surface area contributed by atoms with E-state index in [4.69, 9.17) is 0 Å². The molecule has 0 rings (SSSR count). The van der Waals surface area contributed by atoms with Crippen LogP contribution in [-0.4, -0.2) is 6.18 Å². The molecule has 3 heteroatoms. The standard InChI is InChI=1S/C20H37F3/c1-5-8-10-12-14-17-19(4,16-13-11-9-6-2)18(15-7-3)20(21,22)23/h7,18H,3,5-6,8-17H2,1-2,4H3. The molecule has 0 heterocycles. The third kappa shape index (κ3) is 9.42. The molecule has 0 aliphatic rings. The number of alkyl halides is 3. The Labute approximate surface area is 141 Å². The van der Waals surface area contributed by atoms with Gasteiger partial charge in [0.2, 0.25) is 0 Å². The number of unbranched alkanes of at least 4 members (excludes halogenated alkanes) is 7. The Morgan fingerprint density at radius 1 is 0.826 bits per heavy atom. The van der Waals surface area contributed by atoms with Gasteiger partial charge in [0, 0.05) is 0 Å². The first-order valence-electron chi connectivity index (χ1n) is 9.49. The maximum absolute atomic E-state index is 13.6. The second kappa shape index (κ2) is 12.0. The molecule has 0 N–H and O–H groups in total. The SMILES string of the molecule is C=CCC(C(F)(F)F)C(C)(CCCCCC)CCCCCCC. The molecule has 0 nitrogen and oxygen atoms in total. The molecule has 0 aliphatic heterocycles. The van der Waals surface area contributed by atoms with Gasteiger partial charge < -0.3 is 0 Å². The van der Waals surface area contributed by atoms with E-state index in [0.717, 1.165) is 51.4 Å². The van der Waals surface area contributed by atoms with Crippen molar-refractivity contribution in [3.63, 3.8) is 0 Å². The normalized spacial score (nSPS) is 16.1. The highest BCUT2D eigenvalue weighted by Gasteiger charge is 2.49. The lowest BCUT2D eigenvalue weighted by molar-refractivity contribution is -0.207. The zero-order valence-corrected chi connectivity index (χ0v) is 15.5. The number of hydrogen-bond donors (Lipinski definition) is 0. The zero-order valence-electron chi connectivity index (χ0n) is 15.5. The van der Waals surface area contributed by atoms with Crippen molar-refractivity contribution in [1.29, 1.82) is 0 Å². The van der Waals surface area contributed by atoms with Crippen molar-refractivity contribution >= 4 is 0 Å². The van der Waals surface area contributed by atoms with E-state index in [-0.39, 0.29) is 6.42 Å². The molecule has 0 fully saturated rings. The Morgan fingerprint density at radius 3 is 1.65 bits per heavy atom. The van der Waals surface area contributed by atoms with E-state index in [9.17, 15) is 13.2 Å². The molecule has 0 aromatic rings. The lowest BCUT2D eigenvalue weighted by atomic mass is 9.68. The first-order chi connectivity index (χ1) is 10.8. The molecular formula is C20H37F3. The van der Waals surface area contributed by atoms with Gasteiger partial charge in [-0.1, -0.05) is 84.6 Å². The summed E-state index contributed by atoms with van der Waals surface area (Å²) in [6.07, 6.45) is 8.35. The van der Waals surface area contributed by atoms with Gasteiger partial charge in [-0.25, -0.2) is 0 Å². The number of hydrogen-bond acceptors (Lipinski definition) is 0. The van der Waals surface area contributed by atoms with Crippen LogP contribution in [0.15, 0.2) is 12.7 Å². The summed E-state index contributed by atoms with van der Waals surface area (Å²) in [4.78, 5) is 0. The van der Waals surface area contributed by atoms with Crippen molar-refractivity contribution in [3.05, 3.63) is 12.7 Å². The lowest BCUT2D eigenvalue weighted by Crippen LogP contribution is -2.38. The minimum Gasteiger partial charge on any atom is -0.171 e. The molecule has 0 saturated heterocycles. The minimum atomic E-state index is -4.13. The Hall–Kier alpha value is -0.470. The fourth-order valence-electron chi connectivity index (χ4n) is 3.54. The summed E-state index contributed by atoms with van der Waals surface area (Å²) in [6, 6.07) is 0. The average molecular weight is 335 g/mol. The van der Waals surface area contributed by atoms with Crippen LogP contribution < -0.4 is 0 Å². The summed E-state index contributed by atoms with van der Waals surface area (Å²) in [5.41, 5.74) is -0.646. The van der Waals surface area contributed by atoms with E-state index in [1.807, 2.05) is 6.92 Å². The first-order valence-corrected chi connectivity index (χ1v) is 9.49. The molecule has 0 aromatic heterocycles. The molecule has 0 bridgehead atoms. The molecule has 23 heavy (non-hydrogen) atoms. The summed E-state index contributed by atoms with van der Waals surface area (Å²) < 4.78 is 40.7. The minimum absolute atomic E-state index is 0.0444. The van der Waals surface area contributed by atoms with Crippen LogP contribution in [-0.2, 0) is 0 Å². The Kier molecular flexibility index (Phi) is 11.7.